The molecular weight excluding hydrogens is 236 g/mol. The minimum atomic E-state index is -0.770. The van der Waals surface area contributed by atoms with Crippen molar-refractivity contribution in [2.75, 3.05) is 0 Å². The van der Waals surface area contributed by atoms with E-state index in [1.807, 2.05) is 60.7 Å². The maximum absolute atomic E-state index is 10.4. The third-order valence-electron chi connectivity index (χ3n) is 3.28. The van der Waals surface area contributed by atoms with Crippen molar-refractivity contribution in [3.8, 4) is 0 Å². The molecule has 0 aliphatic heterocycles. The molecule has 2 heteroatoms. The molecule has 0 aliphatic rings. The lowest BCUT2D eigenvalue weighted by Gasteiger charge is -2.25. The van der Waals surface area contributed by atoms with Crippen LogP contribution in [-0.2, 0) is 0 Å². The van der Waals surface area contributed by atoms with Crippen molar-refractivity contribution in [1.82, 2.24) is 0 Å². The summed E-state index contributed by atoms with van der Waals surface area (Å²) in [4.78, 5) is 0. The molecule has 2 atom stereocenters. The van der Waals surface area contributed by atoms with Gasteiger partial charge in [0.05, 0.1) is 12.2 Å². The Labute approximate surface area is 113 Å². The zero-order valence-electron chi connectivity index (χ0n) is 10.7. The Kier molecular flexibility index (Phi) is 4.50. The summed E-state index contributed by atoms with van der Waals surface area (Å²) in [5.41, 5.74) is 1.56. The molecule has 2 nitrogen and oxygen atoms in total. The molecule has 0 unspecified atom stereocenters. The summed E-state index contributed by atoms with van der Waals surface area (Å²) >= 11 is 0. The first kappa shape index (κ1) is 13.5. The van der Waals surface area contributed by atoms with E-state index in [2.05, 4.69) is 6.58 Å². The highest BCUT2D eigenvalue weighted by molar-refractivity contribution is 5.24. The summed E-state index contributed by atoms with van der Waals surface area (Å²) in [6, 6.07) is 18.7. The second kappa shape index (κ2) is 6.32. The van der Waals surface area contributed by atoms with Crippen LogP contribution in [0.5, 0.6) is 0 Å². The average molecular weight is 254 g/mol. The van der Waals surface area contributed by atoms with Crippen molar-refractivity contribution in [2.24, 2.45) is 5.92 Å². The first-order chi connectivity index (χ1) is 9.24. The highest BCUT2D eigenvalue weighted by Crippen LogP contribution is 2.33. The minimum absolute atomic E-state index is 0.440. The molecule has 0 saturated heterocycles. The molecule has 2 N–H and O–H groups in total. The van der Waals surface area contributed by atoms with Gasteiger partial charge in [-0.3, -0.25) is 0 Å². The first-order valence-electron chi connectivity index (χ1n) is 6.32. The van der Waals surface area contributed by atoms with Gasteiger partial charge in [0.1, 0.15) is 0 Å². The van der Waals surface area contributed by atoms with Gasteiger partial charge in [0, 0.05) is 5.92 Å². The van der Waals surface area contributed by atoms with E-state index in [1.54, 1.807) is 6.08 Å². The molecule has 0 fully saturated rings. The first-order valence-corrected chi connectivity index (χ1v) is 6.32. The fourth-order valence-corrected chi connectivity index (χ4v) is 2.18. The second-order valence-corrected chi connectivity index (χ2v) is 4.52. The second-order valence-electron chi connectivity index (χ2n) is 4.52. The molecule has 19 heavy (non-hydrogen) atoms. The van der Waals surface area contributed by atoms with Crippen LogP contribution in [0.1, 0.15) is 23.3 Å². The van der Waals surface area contributed by atoms with Crippen LogP contribution in [0.3, 0.4) is 0 Å². The number of aliphatic hydroxyl groups is 2. The van der Waals surface area contributed by atoms with Gasteiger partial charge in [-0.25, -0.2) is 0 Å². The van der Waals surface area contributed by atoms with E-state index in [0.717, 1.165) is 11.1 Å². The van der Waals surface area contributed by atoms with Gasteiger partial charge in [-0.1, -0.05) is 66.7 Å². The van der Waals surface area contributed by atoms with Gasteiger partial charge in [-0.2, -0.15) is 0 Å². The third-order valence-corrected chi connectivity index (χ3v) is 3.28. The van der Waals surface area contributed by atoms with Gasteiger partial charge in [-0.05, 0) is 11.1 Å². The molecule has 0 saturated carbocycles. The lowest BCUT2D eigenvalue weighted by atomic mass is 9.87. The molecule has 98 valence electrons. The summed E-state index contributed by atoms with van der Waals surface area (Å²) in [6.45, 7) is 3.73. The Morgan fingerprint density at radius 1 is 0.737 bits per heavy atom. The smallest absolute Gasteiger partial charge is 0.0880 e. The van der Waals surface area contributed by atoms with E-state index in [9.17, 15) is 10.2 Å². The number of aliphatic hydroxyl groups excluding tert-OH is 2. The minimum Gasteiger partial charge on any atom is -0.388 e. The summed E-state index contributed by atoms with van der Waals surface area (Å²) in [5.74, 6) is -0.440. The van der Waals surface area contributed by atoms with Crippen LogP contribution in [0.25, 0.3) is 0 Å². The zero-order chi connectivity index (χ0) is 13.7. The number of hydrogen-bond donors (Lipinski definition) is 2. The molecule has 0 bridgehead atoms. The summed E-state index contributed by atoms with van der Waals surface area (Å²) in [5, 5.41) is 20.8. The van der Waals surface area contributed by atoms with Crippen molar-refractivity contribution >= 4 is 0 Å². The molecule has 0 radical (unpaired) electrons. The fraction of sp³-hybridized carbons (Fsp3) is 0.176. The molecule has 0 aliphatic carbocycles. The van der Waals surface area contributed by atoms with Crippen LogP contribution in [0.4, 0.5) is 0 Å². The van der Waals surface area contributed by atoms with Gasteiger partial charge in [0.25, 0.3) is 0 Å². The molecule has 0 heterocycles. The van der Waals surface area contributed by atoms with Crippen LogP contribution in [0, 0.1) is 5.92 Å². The zero-order valence-corrected chi connectivity index (χ0v) is 10.7. The normalized spacial score (nSPS) is 14.1. The number of rotatable bonds is 5. The lowest BCUT2D eigenvalue weighted by molar-refractivity contribution is 0.0353. The van der Waals surface area contributed by atoms with Crippen LogP contribution in [0.15, 0.2) is 73.3 Å². The van der Waals surface area contributed by atoms with E-state index in [1.165, 1.54) is 0 Å². The van der Waals surface area contributed by atoms with Crippen LogP contribution in [-0.4, -0.2) is 10.2 Å². The number of hydrogen-bond acceptors (Lipinski definition) is 2. The van der Waals surface area contributed by atoms with E-state index in [4.69, 9.17) is 0 Å². The number of benzene rings is 2. The molecular formula is C17H18O2. The Morgan fingerprint density at radius 3 is 1.42 bits per heavy atom. The quantitative estimate of drug-likeness (QED) is 0.804. The Bertz CT molecular complexity index is 462. The van der Waals surface area contributed by atoms with Crippen LogP contribution >= 0.6 is 0 Å². The maximum atomic E-state index is 10.4. The fourth-order valence-electron chi connectivity index (χ4n) is 2.18. The molecule has 2 rings (SSSR count). The van der Waals surface area contributed by atoms with Crippen LogP contribution in [0.2, 0.25) is 0 Å². The Morgan fingerprint density at radius 2 is 1.11 bits per heavy atom. The van der Waals surface area contributed by atoms with Crippen molar-refractivity contribution in [3.05, 3.63) is 84.4 Å². The summed E-state index contributed by atoms with van der Waals surface area (Å²) in [7, 11) is 0. The van der Waals surface area contributed by atoms with Crippen molar-refractivity contribution in [1.29, 1.82) is 0 Å². The SMILES string of the molecule is C=CC([C@@H](O)c1ccccc1)[C@@H](O)c1ccccc1. The van der Waals surface area contributed by atoms with E-state index < -0.39 is 18.1 Å². The van der Waals surface area contributed by atoms with E-state index in [-0.39, 0.29) is 0 Å². The molecule has 0 amide bonds. The van der Waals surface area contributed by atoms with Gasteiger partial charge >= 0.3 is 0 Å². The van der Waals surface area contributed by atoms with Gasteiger partial charge in [-0.15, -0.1) is 6.58 Å². The molecule has 2 aromatic carbocycles. The molecule has 0 spiro atoms. The highest BCUT2D eigenvalue weighted by Gasteiger charge is 2.26. The summed E-state index contributed by atoms with van der Waals surface area (Å²) < 4.78 is 0. The van der Waals surface area contributed by atoms with E-state index >= 15 is 0 Å². The Hall–Kier alpha value is -1.90. The van der Waals surface area contributed by atoms with E-state index in [0.29, 0.717) is 0 Å². The van der Waals surface area contributed by atoms with Crippen LogP contribution < -0.4 is 0 Å². The van der Waals surface area contributed by atoms with Gasteiger partial charge in [0.15, 0.2) is 0 Å². The van der Waals surface area contributed by atoms with Gasteiger partial charge < -0.3 is 10.2 Å². The molecule has 0 aromatic heterocycles. The largest absolute Gasteiger partial charge is 0.388 e. The van der Waals surface area contributed by atoms with Gasteiger partial charge in [0.2, 0.25) is 0 Å². The molecule has 2 aromatic rings. The Balaban J connectivity index is 2.23. The maximum Gasteiger partial charge on any atom is 0.0880 e. The lowest BCUT2D eigenvalue weighted by Crippen LogP contribution is -2.18. The highest BCUT2D eigenvalue weighted by atomic mass is 16.3. The van der Waals surface area contributed by atoms with Crippen molar-refractivity contribution in [3.63, 3.8) is 0 Å². The predicted octanol–water partition coefficient (Wildman–Crippen LogP) is 3.26. The standard InChI is InChI=1S/C17H18O2/c1-2-15(16(18)13-9-5-3-6-10-13)17(19)14-11-7-4-8-12-14/h2-12,15-19H,1H2/t16-,17-/m0/s1. The van der Waals surface area contributed by atoms with Crippen molar-refractivity contribution in [2.45, 2.75) is 12.2 Å². The predicted molar refractivity (Wildman–Crippen MR) is 76.5 cm³/mol. The van der Waals surface area contributed by atoms with Crippen molar-refractivity contribution < 1.29 is 10.2 Å². The topological polar surface area (TPSA) is 40.5 Å². The monoisotopic (exact) mass is 254 g/mol. The average Bonchev–Trinajstić information content (AvgIpc) is 2.49. The summed E-state index contributed by atoms with van der Waals surface area (Å²) in [6.07, 6.45) is 0.0674. The third kappa shape index (κ3) is 3.11.